The van der Waals surface area contributed by atoms with Crippen molar-refractivity contribution in [3.05, 3.63) is 64.4 Å². The highest BCUT2D eigenvalue weighted by Crippen LogP contribution is 2.33. The van der Waals surface area contributed by atoms with Gasteiger partial charge in [-0.25, -0.2) is 18.2 Å². The van der Waals surface area contributed by atoms with Gasteiger partial charge in [0.2, 0.25) is 5.91 Å². The minimum absolute atomic E-state index is 0.0297. The highest BCUT2D eigenvalue weighted by atomic mass is 19.3. The number of pyridine rings is 1. The van der Waals surface area contributed by atoms with Crippen molar-refractivity contribution in [1.82, 2.24) is 19.4 Å². The summed E-state index contributed by atoms with van der Waals surface area (Å²) in [6, 6.07) is 4.95. The van der Waals surface area contributed by atoms with Crippen LogP contribution in [0.4, 0.5) is 13.2 Å². The Kier molecular flexibility index (Phi) is 6.32. The van der Waals surface area contributed by atoms with Crippen molar-refractivity contribution in [1.29, 1.82) is 0 Å². The van der Waals surface area contributed by atoms with Crippen LogP contribution in [-0.2, 0) is 23.4 Å². The summed E-state index contributed by atoms with van der Waals surface area (Å²) in [5.41, 5.74) is -0.152. The van der Waals surface area contributed by atoms with Crippen molar-refractivity contribution in [3.8, 4) is 0 Å². The third-order valence-electron chi connectivity index (χ3n) is 7.32. The van der Waals surface area contributed by atoms with Crippen LogP contribution in [0.1, 0.15) is 68.2 Å². The summed E-state index contributed by atoms with van der Waals surface area (Å²) in [5.74, 6) is -0.159. The van der Waals surface area contributed by atoms with Crippen molar-refractivity contribution in [2.45, 2.75) is 64.1 Å². The van der Waals surface area contributed by atoms with Gasteiger partial charge in [0.1, 0.15) is 17.2 Å². The van der Waals surface area contributed by atoms with Gasteiger partial charge < -0.3 is 14.6 Å². The molecule has 36 heavy (non-hydrogen) atoms. The van der Waals surface area contributed by atoms with Gasteiger partial charge in [0, 0.05) is 43.9 Å². The van der Waals surface area contributed by atoms with E-state index < -0.39 is 29.4 Å². The Bertz CT molecular complexity index is 1400. The van der Waals surface area contributed by atoms with Gasteiger partial charge in [-0.05, 0) is 32.3 Å². The van der Waals surface area contributed by atoms with Crippen LogP contribution in [0.25, 0.3) is 10.9 Å². The summed E-state index contributed by atoms with van der Waals surface area (Å²) >= 11 is 0. The average molecular weight is 500 g/mol. The summed E-state index contributed by atoms with van der Waals surface area (Å²) < 4.78 is 43.4. The lowest BCUT2D eigenvalue weighted by molar-refractivity contribution is -0.133. The fourth-order valence-corrected chi connectivity index (χ4v) is 5.17. The van der Waals surface area contributed by atoms with Crippen molar-refractivity contribution in [3.63, 3.8) is 0 Å². The second-order valence-corrected chi connectivity index (χ2v) is 9.59. The first-order valence-corrected chi connectivity index (χ1v) is 12.2. The number of benzene rings is 1. The molecule has 0 saturated carbocycles. The number of likely N-dealkylation sites (tertiary alicyclic amines) is 1. The lowest BCUT2D eigenvalue weighted by Gasteiger charge is -2.37. The Balaban J connectivity index is 1.61. The quantitative estimate of drug-likeness (QED) is 0.589. The Labute approximate surface area is 206 Å². The number of carbonyl (C=O) groups excluding carboxylic acids is 1. The summed E-state index contributed by atoms with van der Waals surface area (Å²) in [4.78, 5) is 27.4. The molecule has 2 aromatic heterocycles. The van der Waals surface area contributed by atoms with Gasteiger partial charge in [-0.1, -0.05) is 18.2 Å². The Morgan fingerprint density at radius 3 is 2.61 bits per heavy atom. The standard InChI is InChI=1S/C26H28F3N5O2/c1-15(17-5-3-6-18(23(17)27)24(28)29)31-25-19-13-21(26(36)8-11-33(12-9-26)16(2)35)30-14-20(19)34-10-4-7-22(34)32-25/h3,5-6,13-15,24,36H,4,7-12H2,1-2H3. The molecule has 5 rings (SSSR count). The zero-order valence-electron chi connectivity index (χ0n) is 20.2. The van der Waals surface area contributed by atoms with Crippen LogP contribution in [0, 0.1) is 5.82 Å². The summed E-state index contributed by atoms with van der Waals surface area (Å²) in [6.07, 6.45) is 1.16. The number of aromatic nitrogens is 3. The Morgan fingerprint density at radius 2 is 1.92 bits per heavy atom. The predicted octanol–water partition coefficient (Wildman–Crippen LogP) is 3.95. The third-order valence-corrected chi connectivity index (χ3v) is 7.32. The molecular formula is C26H28F3N5O2. The Morgan fingerprint density at radius 1 is 1.19 bits per heavy atom. The number of amides is 1. The van der Waals surface area contributed by atoms with E-state index in [0.29, 0.717) is 42.5 Å². The first kappa shape index (κ1) is 24.4. The maximum Gasteiger partial charge on any atom is 0.266 e. The molecule has 3 aromatic rings. The summed E-state index contributed by atoms with van der Waals surface area (Å²) in [5, 5.41) is 12.0. The number of hydrogen-bond donors (Lipinski definition) is 1. The molecule has 2 aliphatic rings. The third kappa shape index (κ3) is 4.27. The first-order valence-electron chi connectivity index (χ1n) is 12.2. The van der Waals surface area contributed by atoms with E-state index in [1.807, 2.05) is 0 Å². The van der Waals surface area contributed by atoms with Gasteiger partial charge in [0.15, 0.2) is 5.49 Å². The first-order chi connectivity index (χ1) is 17.2. The normalized spacial score (nSPS) is 18.6. The molecule has 2 aliphatic heterocycles. The molecule has 0 radical (unpaired) electrons. The second kappa shape index (κ2) is 9.31. The number of hydrogen-bond acceptors (Lipinski definition) is 5. The highest BCUT2D eigenvalue weighted by molar-refractivity contribution is 5.78. The van der Waals surface area contributed by atoms with E-state index in [1.165, 1.54) is 19.1 Å². The van der Waals surface area contributed by atoms with Crippen LogP contribution in [0.3, 0.4) is 0 Å². The Hall–Kier alpha value is -3.27. The van der Waals surface area contributed by atoms with Crippen LogP contribution in [0.5, 0.6) is 0 Å². The van der Waals surface area contributed by atoms with E-state index in [4.69, 9.17) is 4.98 Å². The van der Waals surface area contributed by atoms with Crippen molar-refractivity contribution < 1.29 is 23.1 Å². The topological polar surface area (TPSA) is 83.6 Å². The van der Waals surface area contributed by atoms with E-state index in [9.17, 15) is 23.1 Å². The molecule has 4 heterocycles. The zero-order chi connectivity index (χ0) is 25.6. The molecule has 0 spiro atoms. The lowest BCUT2D eigenvalue weighted by atomic mass is 9.87. The molecule has 1 amide bonds. The number of aliphatic hydroxyl groups is 1. The van der Waals surface area contributed by atoms with E-state index >= 15 is 0 Å². The molecule has 1 aromatic carbocycles. The lowest BCUT2D eigenvalue weighted by Crippen LogP contribution is -2.44. The van der Waals surface area contributed by atoms with E-state index in [0.717, 1.165) is 36.8 Å². The summed E-state index contributed by atoms with van der Waals surface area (Å²) in [6.45, 7) is 4.79. The number of rotatable bonds is 4. The SMILES string of the molecule is CC(=O)N1CCC(O)(c2cc3c(=NC(C)c4cccc(C(F)F)c4F)nc4n(c3cn2)CCC4)CC1. The van der Waals surface area contributed by atoms with Crippen LogP contribution >= 0.6 is 0 Å². The number of alkyl halides is 2. The van der Waals surface area contributed by atoms with Crippen molar-refractivity contribution in [2.24, 2.45) is 4.99 Å². The maximum atomic E-state index is 14.8. The van der Waals surface area contributed by atoms with Gasteiger partial charge in [-0.2, -0.15) is 0 Å². The van der Waals surface area contributed by atoms with E-state index in [-0.39, 0.29) is 11.5 Å². The van der Waals surface area contributed by atoms with E-state index in [2.05, 4.69) is 14.5 Å². The minimum atomic E-state index is -2.92. The molecule has 190 valence electrons. The number of nitrogens with zero attached hydrogens (tertiary/aromatic N) is 5. The number of fused-ring (bicyclic) bond motifs is 3. The van der Waals surface area contributed by atoms with E-state index in [1.54, 1.807) is 24.1 Å². The maximum absolute atomic E-state index is 14.8. The van der Waals surface area contributed by atoms with Gasteiger partial charge in [0.05, 0.1) is 29.0 Å². The van der Waals surface area contributed by atoms with Crippen molar-refractivity contribution in [2.75, 3.05) is 13.1 Å². The fourth-order valence-electron chi connectivity index (χ4n) is 5.17. The number of carbonyl (C=O) groups is 1. The largest absolute Gasteiger partial charge is 0.383 e. The number of aryl methyl sites for hydroxylation is 2. The molecule has 1 N–H and O–H groups in total. The molecule has 1 fully saturated rings. The monoisotopic (exact) mass is 499 g/mol. The van der Waals surface area contributed by atoms with Crippen LogP contribution in [0.15, 0.2) is 35.5 Å². The second-order valence-electron chi connectivity index (χ2n) is 9.59. The summed E-state index contributed by atoms with van der Waals surface area (Å²) in [7, 11) is 0. The van der Waals surface area contributed by atoms with Crippen LogP contribution in [-0.4, -0.2) is 43.5 Å². The molecule has 1 unspecified atom stereocenters. The van der Waals surface area contributed by atoms with Gasteiger partial charge in [-0.15, -0.1) is 0 Å². The predicted molar refractivity (Wildman–Crippen MR) is 127 cm³/mol. The highest BCUT2D eigenvalue weighted by Gasteiger charge is 2.36. The van der Waals surface area contributed by atoms with Gasteiger partial charge in [0.25, 0.3) is 6.43 Å². The molecule has 0 bridgehead atoms. The average Bonchev–Trinajstić information content (AvgIpc) is 3.32. The zero-order valence-corrected chi connectivity index (χ0v) is 20.2. The number of piperidine rings is 1. The molecular weight excluding hydrogens is 471 g/mol. The molecule has 10 heteroatoms. The minimum Gasteiger partial charge on any atom is -0.383 e. The van der Waals surface area contributed by atoms with Crippen LogP contribution < -0.4 is 5.49 Å². The van der Waals surface area contributed by atoms with Gasteiger partial charge in [-0.3, -0.25) is 14.8 Å². The fraction of sp³-hybridized carbons (Fsp3) is 0.462. The number of halogens is 3. The molecule has 1 atom stereocenters. The smallest absolute Gasteiger partial charge is 0.266 e. The van der Waals surface area contributed by atoms with Crippen molar-refractivity contribution >= 4 is 16.8 Å². The van der Waals surface area contributed by atoms with Crippen LogP contribution in [0.2, 0.25) is 0 Å². The molecule has 1 saturated heterocycles. The molecule has 0 aliphatic carbocycles. The van der Waals surface area contributed by atoms with Gasteiger partial charge >= 0.3 is 0 Å². The molecule has 7 nitrogen and oxygen atoms in total.